The number of rotatable bonds is 4. The number of anilines is 1. The summed E-state index contributed by atoms with van der Waals surface area (Å²) in [6.07, 6.45) is 8.76. The molecule has 0 spiro atoms. The van der Waals surface area contributed by atoms with Crippen LogP contribution >= 0.6 is 0 Å². The Labute approximate surface area is 140 Å². The average molecular weight is 327 g/mol. The van der Waals surface area contributed by atoms with Gasteiger partial charge in [-0.25, -0.2) is 0 Å². The second kappa shape index (κ2) is 6.75. The maximum atomic E-state index is 12.7. The van der Waals surface area contributed by atoms with Crippen LogP contribution in [0.3, 0.4) is 0 Å². The summed E-state index contributed by atoms with van der Waals surface area (Å²) in [4.78, 5) is 19.1. The molecule has 6 nitrogen and oxygen atoms in total. The number of fused-ring (bicyclic) bond motifs is 1. The molecule has 4 rings (SSSR count). The largest absolute Gasteiger partial charge is 0.472 e. The molecule has 0 unspecified atom stereocenters. The van der Waals surface area contributed by atoms with Crippen molar-refractivity contribution in [3.63, 3.8) is 0 Å². The molecule has 3 atom stereocenters. The average Bonchev–Trinajstić information content (AvgIpc) is 3.27. The van der Waals surface area contributed by atoms with Crippen LogP contribution < -0.4 is 5.32 Å². The van der Waals surface area contributed by atoms with Gasteiger partial charge in [-0.3, -0.25) is 14.7 Å². The molecule has 2 aliphatic heterocycles. The van der Waals surface area contributed by atoms with Crippen LogP contribution in [0.2, 0.25) is 0 Å². The maximum Gasteiger partial charge on any atom is 0.228 e. The van der Waals surface area contributed by atoms with Crippen molar-refractivity contribution in [3.8, 4) is 0 Å². The minimum Gasteiger partial charge on any atom is -0.472 e. The Morgan fingerprint density at radius 1 is 1.42 bits per heavy atom. The van der Waals surface area contributed by atoms with E-state index in [9.17, 15) is 4.79 Å². The Balaban J connectivity index is 1.46. The highest BCUT2D eigenvalue weighted by molar-refractivity contribution is 5.92. The van der Waals surface area contributed by atoms with Gasteiger partial charge in [0.15, 0.2) is 0 Å². The fourth-order valence-electron chi connectivity index (χ4n) is 3.72. The van der Waals surface area contributed by atoms with Crippen molar-refractivity contribution in [2.75, 3.05) is 18.5 Å². The lowest BCUT2D eigenvalue weighted by atomic mass is 9.89. The molecule has 0 saturated carbocycles. The quantitative estimate of drug-likeness (QED) is 0.933. The van der Waals surface area contributed by atoms with Crippen LogP contribution in [0.4, 0.5) is 5.69 Å². The molecular weight excluding hydrogens is 306 g/mol. The molecule has 2 fully saturated rings. The van der Waals surface area contributed by atoms with Gasteiger partial charge in [0.25, 0.3) is 0 Å². The van der Waals surface area contributed by atoms with Crippen molar-refractivity contribution < 1.29 is 13.9 Å². The topological polar surface area (TPSA) is 67.6 Å². The Morgan fingerprint density at radius 2 is 2.38 bits per heavy atom. The van der Waals surface area contributed by atoms with Crippen molar-refractivity contribution in [1.29, 1.82) is 0 Å². The number of likely N-dealkylation sites (tertiary alicyclic amines) is 1. The van der Waals surface area contributed by atoms with E-state index in [1.54, 1.807) is 24.9 Å². The van der Waals surface area contributed by atoms with Crippen molar-refractivity contribution in [2.45, 2.75) is 31.5 Å². The van der Waals surface area contributed by atoms with Crippen LogP contribution in [-0.4, -0.2) is 41.1 Å². The van der Waals surface area contributed by atoms with Crippen LogP contribution in [-0.2, 0) is 16.1 Å². The maximum absolute atomic E-state index is 12.7. The van der Waals surface area contributed by atoms with Crippen molar-refractivity contribution >= 4 is 11.6 Å². The highest BCUT2D eigenvalue weighted by Crippen LogP contribution is 2.33. The van der Waals surface area contributed by atoms with E-state index in [4.69, 9.17) is 9.15 Å². The number of pyridine rings is 1. The van der Waals surface area contributed by atoms with E-state index < -0.39 is 0 Å². The first-order valence-electron chi connectivity index (χ1n) is 8.37. The monoisotopic (exact) mass is 327 g/mol. The number of furan rings is 1. The van der Waals surface area contributed by atoms with Gasteiger partial charge >= 0.3 is 0 Å². The van der Waals surface area contributed by atoms with E-state index in [2.05, 4.69) is 15.2 Å². The molecule has 0 bridgehead atoms. The number of aromatic nitrogens is 1. The summed E-state index contributed by atoms with van der Waals surface area (Å²) in [7, 11) is 0. The van der Waals surface area contributed by atoms with Crippen molar-refractivity contribution in [2.24, 2.45) is 5.92 Å². The predicted molar refractivity (Wildman–Crippen MR) is 88.2 cm³/mol. The number of ether oxygens (including phenoxy) is 1. The predicted octanol–water partition coefficient (Wildman–Crippen LogP) is 2.29. The van der Waals surface area contributed by atoms with E-state index in [0.717, 1.165) is 43.8 Å². The zero-order valence-corrected chi connectivity index (χ0v) is 13.4. The Kier molecular flexibility index (Phi) is 4.32. The van der Waals surface area contributed by atoms with E-state index in [-0.39, 0.29) is 17.9 Å². The number of carbonyl (C=O) groups excluding carboxylic acids is 1. The zero-order valence-electron chi connectivity index (χ0n) is 13.4. The molecular formula is C18H21N3O3. The number of hydrogen-bond donors (Lipinski definition) is 1. The Bertz CT molecular complexity index is 674. The molecule has 2 saturated heterocycles. The SMILES string of the molecule is O=C(Nc1cccnc1)[C@@H]1C[C@@H]2OCC[C@@H]2N(Cc2ccoc2)C1. The first kappa shape index (κ1) is 15.4. The van der Waals surface area contributed by atoms with E-state index in [1.807, 2.05) is 18.2 Å². The highest BCUT2D eigenvalue weighted by Gasteiger charge is 2.42. The van der Waals surface area contributed by atoms with Crippen molar-refractivity contribution in [3.05, 3.63) is 48.7 Å². The molecule has 2 aromatic heterocycles. The summed E-state index contributed by atoms with van der Waals surface area (Å²) >= 11 is 0. The fraction of sp³-hybridized carbons (Fsp3) is 0.444. The number of piperidine rings is 1. The van der Waals surface area contributed by atoms with E-state index >= 15 is 0 Å². The van der Waals surface area contributed by atoms with Gasteiger partial charge < -0.3 is 14.5 Å². The van der Waals surface area contributed by atoms with Crippen LogP contribution in [0.15, 0.2) is 47.5 Å². The van der Waals surface area contributed by atoms with Gasteiger partial charge in [0, 0.05) is 37.5 Å². The van der Waals surface area contributed by atoms with Gasteiger partial charge in [-0.1, -0.05) is 0 Å². The van der Waals surface area contributed by atoms with Gasteiger partial charge in [0.05, 0.1) is 36.4 Å². The first-order chi connectivity index (χ1) is 11.8. The molecule has 126 valence electrons. The normalized spacial score (nSPS) is 26.9. The lowest BCUT2D eigenvalue weighted by molar-refractivity contribution is -0.124. The highest BCUT2D eigenvalue weighted by atomic mass is 16.5. The summed E-state index contributed by atoms with van der Waals surface area (Å²) in [5, 5.41) is 2.97. The van der Waals surface area contributed by atoms with Crippen LogP contribution in [0.5, 0.6) is 0 Å². The number of nitrogens with one attached hydrogen (secondary N) is 1. The Morgan fingerprint density at radius 3 is 3.17 bits per heavy atom. The van der Waals surface area contributed by atoms with Gasteiger partial charge in [-0.2, -0.15) is 0 Å². The molecule has 0 aliphatic carbocycles. The van der Waals surface area contributed by atoms with Crippen molar-refractivity contribution in [1.82, 2.24) is 9.88 Å². The van der Waals surface area contributed by atoms with Crippen LogP contribution in [0.25, 0.3) is 0 Å². The number of amides is 1. The molecule has 2 aliphatic rings. The number of carbonyl (C=O) groups is 1. The summed E-state index contributed by atoms with van der Waals surface area (Å²) in [5.41, 5.74) is 1.87. The summed E-state index contributed by atoms with van der Waals surface area (Å²) in [5.74, 6) is -0.0504. The molecule has 1 amide bonds. The molecule has 6 heteroatoms. The number of hydrogen-bond acceptors (Lipinski definition) is 5. The standard InChI is InChI=1S/C18H21N3O3/c22-18(20-15-2-1-5-19-9-15)14-8-17-16(4-7-24-17)21(11-14)10-13-3-6-23-12-13/h1-3,5-6,9,12,14,16-17H,4,7-8,10-11H2,(H,20,22)/t14-,16+,17+/m1/s1. The van der Waals surface area contributed by atoms with Crippen LogP contribution in [0.1, 0.15) is 18.4 Å². The minimum atomic E-state index is -0.0866. The van der Waals surface area contributed by atoms with Gasteiger partial charge in [0.1, 0.15) is 0 Å². The number of nitrogens with zero attached hydrogens (tertiary/aromatic N) is 2. The fourth-order valence-corrected chi connectivity index (χ4v) is 3.72. The smallest absolute Gasteiger partial charge is 0.228 e. The van der Waals surface area contributed by atoms with Gasteiger partial charge in [-0.05, 0) is 31.0 Å². The Hall–Kier alpha value is -2.18. The molecule has 4 heterocycles. The third kappa shape index (κ3) is 3.20. The summed E-state index contributed by atoms with van der Waals surface area (Å²) in [6, 6.07) is 6.04. The van der Waals surface area contributed by atoms with E-state index in [0.29, 0.717) is 6.04 Å². The van der Waals surface area contributed by atoms with Gasteiger partial charge in [0.2, 0.25) is 5.91 Å². The van der Waals surface area contributed by atoms with E-state index in [1.165, 1.54) is 0 Å². The summed E-state index contributed by atoms with van der Waals surface area (Å²) < 4.78 is 11.1. The molecule has 1 N–H and O–H groups in total. The third-order valence-electron chi connectivity index (χ3n) is 4.88. The third-order valence-corrected chi connectivity index (χ3v) is 4.88. The second-order valence-corrected chi connectivity index (χ2v) is 6.49. The lowest BCUT2D eigenvalue weighted by Crippen LogP contribution is -2.51. The van der Waals surface area contributed by atoms with Gasteiger partial charge in [-0.15, -0.1) is 0 Å². The van der Waals surface area contributed by atoms with Crippen LogP contribution in [0, 0.1) is 5.92 Å². The molecule has 2 aromatic rings. The minimum absolute atomic E-state index is 0.0362. The summed E-state index contributed by atoms with van der Waals surface area (Å²) in [6.45, 7) is 2.30. The second-order valence-electron chi connectivity index (χ2n) is 6.49. The molecule has 24 heavy (non-hydrogen) atoms. The lowest BCUT2D eigenvalue weighted by Gasteiger charge is -2.40. The first-order valence-corrected chi connectivity index (χ1v) is 8.37. The zero-order chi connectivity index (χ0) is 16.4. The molecule has 0 radical (unpaired) electrons. The molecule has 0 aromatic carbocycles.